The highest BCUT2D eigenvalue weighted by Gasteiger charge is 2.34. The van der Waals surface area contributed by atoms with Crippen molar-refractivity contribution in [2.45, 2.75) is 82.8 Å². The second kappa shape index (κ2) is 15.8. The maximum atomic E-state index is 14.3. The molecule has 1 aliphatic carbocycles. The largest absolute Gasteiger partial charge is 0.494 e. The number of ether oxygens (including phenoxy) is 1. The van der Waals surface area contributed by atoms with Gasteiger partial charge in [-0.05, 0) is 87.2 Å². The summed E-state index contributed by atoms with van der Waals surface area (Å²) < 4.78 is 34.8. The summed E-state index contributed by atoms with van der Waals surface area (Å²) >= 11 is 12.5. The number of nitrogens with one attached hydrogen (secondary N) is 1. The van der Waals surface area contributed by atoms with Crippen molar-refractivity contribution in [3.63, 3.8) is 0 Å². The quantitative estimate of drug-likeness (QED) is 0.208. The summed E-state index contributed by atoms with van der Waals surface area (Å²) in [4.78, 5) is 29.5. The van der Waals surface area contributed by atoms with Crippen molar-refractivity contribution >= 4 is 50.7 Å². The van der Waals surface area contributed by atoms with Gasteiger partial charge in [0.05, 0.1) is 27.2 Å². The molecule has 1 aliphatic rings. The number of anilines is 1. The van der Waals surface area contributed by atoms with Crippen molar-refractivity contribution in [3.8, 4) is 5.75 Å². The number of rotatable bonds is 13. The minimum Gasteiger partial charge on any atom is -0.494 e. The summed E-state index contributed by atoms with van der Waals surface area (Å²) in [7, 11) is -4.20. The fourth-order valence-corrected chi connectivity index (χ4v) is 7.27. The second-order valence-corrected chi connectivity index (χ2v) is 14.0. The fourth-order valence-electron chi connectivity index (χ4n) is 5.54. The molecule has 2 amide bonds. The molecule has 1 atom stereocenters. The zero-order valence-electron chi connectivity index (χ0n) is 26.0. The zero-order chi connectivity index (χ0) is 32.6. The zero-order valence-corrected chi connectivity index (χ0v) is 28.3. The number of carbonyl (C=O) groups is 2. The van der Waals surface area contributed by atoms with Crippen LogP contribution in [-0.2, 0) is 26.2 Å². The van der Waals surface area contributed by atoms with Crippen molar-refractivity contribution in [2.75, 3.05) is 17.5 Å². The van der Waals surface area contributed by atoms with E-state index < -0.39 is 28.5 Å². The van der Waals surface area contributed by atoms with Crippen LogP contribution >= 0.6 is 23.2 Å². The first-order valence-corrected chi connectivity index (χ1v) is 17.6. The molecule has 1 unspecified atom stereocenters. The summed E-state index contributed by atoms with van der Waals surface area (Å²) in [6.45, 7) is 5.55. The topological polar surface area (TPSA) is 96.0 Å². The van der Waals surface area contributed by atoms with Crippen molar-refractivity contribution in [3.05, 3.63) is 87.9 Å². The molecule has 11 heteroatoms. The Hall–Kier alpha value is -3.27. The minimum atomic E-state index is -4.20. The highest BCUT2D eigenvalue weighted by atomic mass is 35.5. The highest BCUT2D eigenvalue weighted by molar-refractivity contribution is 7.92. The first-order valence-electron chi connectivity index (χ1n) is 15.4. The van der Waals surface area contributed by atoms with Gasteiger partial charge in [-0.3, -0.25) is 13.9 Å². The van der Waals surface area contributed by atoms with Crippen molar-refractivity contribution in [1.82, 2.24) is 10.2 Å². The third kappa shape index (κ3) is 8.93. The summed E-state index contributed by atoms with van der Waals surface area (Å²) in [6.07, 6.45) is 5.35. The molecule has 0 saturated heterocycles. The van der Waals surface area contributed by atoms with Gasteiger partial charge in [0.2, 0.25) is 11.8 Å². The van der Waals surface area contributed by atoms with E-state index in [-0.39, 0.29) is 23.4 Å². The van der Waals surface area contributed by atoms with E-state index >= 15 is 0 Å². The molecule has 242 valence electrons. The van der Waals surface area contributed by atoms with Crippen molar-refractivity contribution < 1.29 is 22.7 Å². The standard InChI is InChI=1S/C34H41Cl2N3O5S/c1-4-32(34(41)37-26-9-7-6-8-10-26)38(22-25-13-20-30(35)31(36)21-25)33(40)23-39(27-14-11-24(3)12-15-27)45(42,43)29-18-16-28(17-19-29)44-5-2/h11-21,26,32H,4-10,22-23H2,1-3H3,(H,37,41). The first kappa shape index (κ1) is 34.6. The van der Waals surface area contributed by atoms with Crippen LogP contribution < -0.4 is 14.4 Å². The molecule has 0 heterocycles. The Morgan fingerprint density at radius 2 is 1.60 bits per heavy atom. The number of hydrogen-bond acceptors (Lipinski definition) is 5. The number of amides is 2. The van der Waals surface area contributed by atoms with E-state index in [2.05, 4.69) is 5.32 Å². The molecule has 0 aromatic heterocycles. The molecule has 3 aromatic carbocycles. The normalized spacial score (nSPS) is 14.4. The van der Waals surface area contributed by atoms with Gasteiger partial charge in [-0.25, -0.2) is 8.42 Å². The Balaban J connectivity index is 1.71. The van der Waals surface area contributed by atoms with Gasteiger partial charge in [-0.15, -0.1) is 0 Å². The van der Waals surface area contributed by atoms with Gasteiger partial charge in [0.15, 0.2) is 0 Å². The van der Waals surface area contributed by atoms with Gasteiger partial charge in [0.1, 0.15) is 18.3 Å². The van der Waals surface area contributed by atoms with Crippen LogP contribution in [0.1, 0.15) is 63.5 Å². The predicted molar refractivity (Wildman–Crippen MR) is 179 cm³/mol. The second-order valence-electron chi connectivity index (χ2n) is 11.3. The molecular formula is C34H41Cl2N3O5S. The Morgan fingerprint density at radius 1 is 0.933 bits per heavy atom. The molecule has 0 bridgehead atoms. The lowest BCUT2D eigenvalue weighted by Gasteiger charge is -2.34. The van der Waals surface area contributed by atoms with Crippen LogP contribution in [-0.4, -0.2) is 50.4 Å². The number of hydrogen-bond donors (Lipinski definition) is 1. The monoisotopic (exact) mass is 673 g/mol. The van der Waals surface area contributed by atoms with E-state index in [1.165, 1.54) is 17.0 Å². The van der Waals surface area contributed by atoms with Gasteiger partial charge in [0, 0.05) is 12.6 Å². The third-order valence-corrected chi connectivity index (χ3v) is 10.5. The lowest BCUT2D eigenvalue weighted by Crippen LogP contribution is -2.54. The fraction of sp³-hybridized carbons (Fsp3) is 0.412. The van der Waals surface area contributed by atoms with Crippen LogP contribution in [0.4, 0.5) is 5.69 Å². The average Bonchev–Trinajstić information content (AvgIpc) is 3.03. The molecule has 0 aliphatic heterocycles. The predicted octanol–water partition coefficient (Wildman–Crippen LogP) is 7.15. The van der Waals surface area contributed by atoms with Crippen LogP contribution in [0.3, 0.4) is 0 Å². The van der Waals surface area contributed by atoms with Crippen LogP contribution in [0, 0.1) is 6.92 Å². The molecule has 0 radical (unpaired) electrons. The van der Waals surface area contributed by atoms with Gasteiger partial charge >= 0.3 is 0 Å². The van der Waals surface area contributed by atoms with Gasteiger partial charge in [0.25, 0.3) is 10.0 Å². The van der Waals surface area contributed by atoms with Crippen LogP contribution in [0.25, 0.3) is 0 Å². The van der Waals surface area contributed by atoms with Crippen molar-refractivity contribution in [2.24, 2.45) is 0 Å². The first-order chi connectivity index (χ1) is 21.5. The Morgan fingerprint density at radius 3 is 2.20 bits per heavy atom. The Kier molecular flexibility index (Phi) is 12.2. The highest BCUT2D eigenvalue weighted by Crippen LogP contribution is 2.28. The summed E-state index contributed by atoms with van der Waals surface area (Å²) in [6, 6.07) is 17.3. The number of benzene rings is 3. The van der Waals surface area contributed by atoms with Gasteiger partial charge in [-0.2, -0.15) is 0 Å². The van der Waals surface area contributed by atoms with Crippen molar-refractivity contribution in [1.29, 1.82) is 0 Å². The molecule has 0 spiro atoms. The molecule has 8 nitrogen and oxygen atoms in total. The van der Waals surface area contributed by atoms with Crippen LogP contribution in [0.15, 0.2) is 71.6 Å². The van der Waals surface area contributed by atoms with E-state index in [1.807, 2.05) is 20.8 Å². The third-order valence-electron chi connectivity index (χ3n) is 8.00. The summed E-state index contributed by atoms with van der Waals surface area (Å²) in [5, 5.41) is 3.84. The van der Waals surface area contributed by atoms with E-state index in [4.69, 9.17) is 27.9 Å². The maximum absolute atomic E-state index is 14.3. The smallest absolute Gasteiger partial charge is 0.264 e. The number of halogens is 2. The lowest BCUT2D eigenvalue weighted by atomic mass is 9.95. The average molecular weight is 675 g/mol. The van der Waals surface area contributed by atoms with E-state index in [1.54, 1.807) is 54.6 Å². The number of sulfonamides is 1. The van der Waals surface area contributed by atoms with Gasteiger partial charge in [-0.1, -0.05) is 73.2 Å². The molecule has 45 heavy (non-hydrogen) atoms. The molecule has 3 aromatic rings. The minimum absolute atomic E-state index is 0.0115. The van der Waals surface area contributed by atoms with Crippen LogP contribution in [0.5, 0.6) is 5.75 Å². The summed E-state index contributed by atoms with van der Waals surface area (Å²) in [5.74, 6) is -0.243. The molecule has 1 saturated carbocycles. The maximum Gasteiger partial charge on any atom is 0.264 e. The molecular weight excluding hydrogens is 633 g/mol. The number of aryl methyl sites for hydroxylation is 1. The van der Waals surface area contributed by atoms with Crippen LogP contribution in [0.2, 0.25) is 10.0 Å². The number of nitrogens with zero attached hydrogens (tertiary/aromatic N) is 2. The molecule has 4 rings (SSSR count). The SMILES string of the molecule is CCOc1ccc(S(=O)(=O)N(CC(=O)N(Cc2ccc(Cl)c(Cl)c2)C(CC)C(=O)NC2CCCCC2)c2ccc(C)cc2)cc1. The summed E-state index contributed by atoms with van der Waals surface area (Å²) in [5.41, 5.74) is 1.94. The Bertz CT molecular complexity index is 1560. The van der Waals surface area contributed by atoms with E-state index in [0.717, 1.165) is 42.0 Å². The molecule has 1 N–H and O–H groups in total. The van der Waals surface area contributed by atoms with Gasteiger partial charge < -0.3 is 15.0 Å². The Labute approximate surface area is 276 Å². The van der Waals surface area contributed by atoms with E-state index in [9.17, 15) is 18.0 Å². The number of carbonyl (C=O) groups excluding carboxylic acids is 2. The molecule has 1 fully saturated rings. The van der Waals surface area contributed by atoms with E-state index in [0.29, 0.717) is 40.1 Å². The lowest BCUT2D eigenvalue weighted by molar-refractivity contribution is -0.140.